The average molecular weight is 406 g/mol. The van der Waals surface area contributed by atoms with Crippen LogP contribution in [0.2, 0.25) is 10.0 Å². The van der Waals surface area contributed by atoms with Gasteiger partial charge >= 0.3 is 6.03 Å². The van der Waals surface area contributed by atoms with Gasteiger partial charge in [-0.25, -0.2) is 4.79 Å². The summed E-state index contributed by atoms with van der Waals surface area (Å²) in [7, 11) is 0. The lowest BCUT2D eigenvalue weighted by Gasteiger charge is -2.29. The molecule has 140 valence electrons. The topological polar surface area (TPSA) is 74.9 Å². The summed E-state index contributed by atoms with van der Waals surface area (Å²) >= 11 is 12.2. The van der Waals surface area contributed by atoms with Gasteiger partial charge < -0.3 is 9.73 Å². The molecule has 1 aliphatic heterocycles. The molecular formula is C19H17Cl2N3O3. The molecule has 1 spiro atoms. The van der Waals surface area contributed by atoms with Gasteiger partial charge in [0.25, 0.3) is 5.91 Å². The number of benzene rings is 1. The maximum absolute atomic E-state index is 12.7. The van der Waals surface area contributed by atoms with Crippen LogP contribution in [-0.4, -0.2) is 28.7 Å². The maximum Gasteiger partial charge on any atom is 0.346 e. The third-order valence-electron chi connectivity index (χ3n) is 4.99. The fourth-order valence-corrected chi connectivity index (χ4v) is 3.97. The zero-order valence-electron chi connectivity index (χ0n) is 14.4. The lowest BCUT2D eigenvalue weighted by atomic mass is 9.82. The molecular weight excluding hydrogens is 389 g/mol. The lowest BCUT2D eigenvalue weighted by Crippen LogP contribution is -2.48. The minimum absolute atomic E-state index is 0.298. The van der Waals surface area contributed by atoms with Gasteiger partial charge in [0.05, 0.1) is 16.3 Å². The van der Waals surface area contributed by atoms with E-state index in [4.69, 9.17) is 27.6 Å². The highest BCUT2D eigenvalue weighted by Crippen LogP contribution is 2.35. The Morgan fingerprint density at radius 3 is 2.67 bits per heavy atom. The van der Waals surface area contributed by atoms with Crippen LogP contribution in [0.15, 0.2) is 39.9 Å². The summed E-state index contributed by atoms with van der Waals surface area (Å²) in [5.41, 5.74) is -0.144. The number of imide groups is 1. The van der Waals surface area contributed by atoms with Crippen molar-refractivity contribution in [3.05, 3.63) is 46.1 Å². The molecule has 1 aliphatic carbocycles. The van der Waals surface area contributed by atoms with Crippen LogP contribution in [-0.2, 0) is 4.79 Å². The van der Waals surface area contributed by atoms with Crippen molar-refractivity contribution in [2.45, 2.75) is 37.6 Å². The zero-order valence-corrected chi connectivity index (χ0v) is 15.9. The molecule has 2 fully saturated rings. The minimum atomic E-state index is -0.796. The number of nitrogens with zero attached hydrogens (tertiary/aromatic N) is 2. The Balaban J connectivity index is 1.54. The summed E-state index contributed by atoms with van der Waals surface area (Å²) in [5.74, 6) is 0.615. The summed E-state index contributed by atoms with van der Waals surface area (Å²) in [6, 6.07) is 8.17. The number of rotatable bonds is 3. The fraction of sp³-hybridized carbons (Fsp3) is 0.316. The zero-order chi connectivity index (χ0) is 19.0. The van der Waals surface area contributed by atoms with E-state index in [1.807, 2.05) is 0 Å². The van der Waals surface area contributed by atoms with Crippen molar-refractivity contribution >= 4 is 41.4 Å². The SMILES string of the molecule is O=C1NC2(CCCCC2)C(=O)N1/N=C\c1ccc(-c2cccc(Cl)c2Cl)o1. The van der Waals surface area contributed by atoms with Crippen LogP contribution in [0.5, 0.6) is 0 Å². The first-order valence-electron chi connectivity index (χ1n) is 8.75. The number of furan rings is 1. The van der Waals surface area contributed by atoms with E-state index < -0.39 is 11.6 Å². The summed E-state index contributed by atoms with van der Waals surface area (Å²) in [5, 5.41) is 8.57. The van der Waals surface area contributed by atoms with Crippen molar-refractivity contribution in [1.29, 1.82) is 0 Å². The van der Waals surface area contributed by atoms with E-state index in [0.717, 1.165) is 24.3 Å². The van der Waals surface area contributed by atoms with Crippen LogP contribution in [0.3, 0.4) is 0 Å². The third kappa shape index (κ3) is 3.24. The Kier molecular flexibility index (Phi) is 4.70. The number of carbonyl (C=O) groups is 2. The molecule has 2 heterocycles. The van der Waals surface area contributed by atoms with Crippen molar-refractivity contribution in [3.63, 3.8) is 0 Å². The van der Waals surface area contributed by atoms with Crippen LogP contribution < -0.4 is 5.32 Å². The van der Waals surface area contributed by atoms with Gasteiger partial charge in [0.1, 0.15) is 17.1 Å². The second-order valence-electron chi connectivity index (χ2n) is 6.74. The fourth-order valence-electron chi connectivity index (χ4n) is 3.58. The van der Waals surface area contributed by atoms with E-state index in [1.165, 1.54) is 6.21 Å². The predicted octanol–water partition coefficient (Wildman–Crippen LogP) is 4.84. The average Bonchev–Trinajstić information content (AvgIpc) is 3.21. The molecule has 0 unspecified atom stereocenters. The number of halogens is 2. The second kappa shape index (κ2) is 7.02. The normalized spacial score (nSPS) is 19.3. The third-order valence-corrected chi connectivity index (χ3v) is 5.81. The molecule has 4 rings (SSSR count). The van der Waals surface area contributed by atoms with Crippen LogP contribution in [0.4, 0.5) is 4.79 Å². The molecule has 2 aromatic rings. The van der Waals surface area contributed by atoms with Crippen LogP contribution in [0.1, 0.15) is 37.9 Å². The Morgan fingerprint density at radius 1 is 1.11 bits per heavy atom. The van der Waals surface area contributed by atoms with Crippen LogP contribution in [0.25, 0.3) is 11.3 Å². The standard InChI is InChI=1S/C19H17Cl2N3O3/c20-14-6-4-5-13(16(14)21)15-8-7-12(27-15)11-22-24-17(25)19(23-18(24)26)9-2-1-3-10-19/h4-8,11H,1-3,9-10H2,(H,23,26)/b22-11-. The molecule has 1 aromatic carbocycles. The molecule has 0 bridgehead atoms. The predicted molar refractivity (Wildman–Crippen MR) is 103 cm³/mol. The number of urea groups is 1. The highest BCUT2D eigenvalue weighted by atomic mass is 35.5. The number of amides is 3. The van der Waals surface area contributed by atoms with E-state index in [-0.39, 0.29) is 5.91 Å². The Bertz CT molecular complexity index is 932. The van der Waals surface area contributed by atoms with E-state index in [0.29, 0.717) is 40.0 Å². The first-order valence-corrected chi connectivity index (χ1v) is 9.51. The molecule has 2 aliphatic rings. The molecule has 3 amide bonds. The van der Waals surface area contributed by atoms with Gasteiger partial charge in [0.15, 0.2) is 0 Å². The molecule has 1 saturated heterocycles. The van der Waals surface area contributed by atoms with Gasteiger partial charge in [-0.2, -0.15) is 5.10 Å². The van der Waals surface area contributed by atoms with Gasteiger partial charge in [-0.3, -0.25) is 4.79 Å². The van der Waals surface area contributed by atoms with E-state index >= 15 is 0 Å². The van der Waals surface area contributed by atoms with Gasteiger partial charge in [0, 0.05) is 5.56 Å². The van der Waals surface area contributed by atoms with Crippen molar-refractivity contribution < 1.29 is 14.0 Å². The largest absolute Gasteiger partial charge is 0.455 e. The molecule has 0 radical (unpaired) electrons. The monoisotopic (exact) mass is 405 g/mol. The molecule has 8 heteroatoms. The number of nitrogens with one attached hydrogen (secondary N) is 1. The van der Waals surface area contributed by atoms with Crippen LogP contribution >= 0.6 is 23.2 Å². The Hall–Kier alpha value is -2.31. The van der Waals surface area contributed by atoms with E-state index in [1.54, 1.807) is 30.3 Å². The van der Waals surface area contributed by atoms with Crippen molar-refractivity contribution in [1.82, 2.24) is 10.3 Å². The number of hydrogen-bond donors (Lipinski definition) is 1. The maximum atomic E-state index is 12.7. The minimum Gasteiger partial charge on any atom is -0.455 e. The first-order chi connectivity index (χ1) is 13.0. The smallest absolute Gasteiger partial charge is 0.346 e. The summed E-state index contributed by atoms with van der Waals surface area (Å²) in [6.45, 7) is 0. The molecule has 1 N–H and O–H groups in total. The van der Waals surface area contributed by atoms with Gasteiger partial charge in [-0.05, 0) is 37.1 Å². The highest BCUT2D eigenvalue weighted by molar-refractivity contribution is 6.43. The van der Waals surface area contributed by atoms with Crippen molar-refractivity contribution in [3.8, 4) is 11.3 Å². The number of hydrazone groups is 1. The van der Waals surface area contributed by atoms with E-state index in [2.05, 4.69) is 10.4 Å². The molecule has 6 nitrogen and oxygen atoms in total. The quantitative estimate of drug-likeness (QED) is 0.585. The molecule has 1 saturated carbocycles. The number of hydrogen-bond acceptors (Lipinski definition) is 4. The summed E-state index contributed by atoms with van der Waals surface area (Å²) in [6.07, 6.45) is 5.58. The summed E-state index contributed by atoms with van der Waals surface area (Å²) < 4.78 is 5.71. The second-order valence-corrected chi connectivity index (χ2v) is 7.52. The van der Waals surface area contributed by atoms with Crippen LogP contribution in [0, 0.1) is 0 Å². The Morgan fingerprint density at radius 2 is 1.89 bits per heavy atom. The Labute approximate surface area is 166 Å². The number of carbonyl (C=O) groups excluding carboxylic acids is 2. The molecule has 1 aromatic heterocycles. The summed E-state index contributed by atoms with van der Waals surface area (Å²) in [4.78, 5) is 24.9. The lowest BCUT2D eigenvalue weighted by molar-refractivity contribution is -0.132. The van der Waals surface area contributed by atoms with Crippen molar-refractivity contribution in [2.24, 2.45) is 5.10 Å². The molecule has 27 heavy (non-hydrogen) atoms. The van der Waals surface area contributed by atoms with E-state index in [9.17, 15) is 9.59 Å². The van der Waals surface area contributed by atoms with Gasteiger partial charge in [-0.1, -0.05) is 48.5 Å². The van der Waals surface area contributed by atoms with Gasteiger partial charge in [0.2, 0.25) is 0 Å². The van der Waals surface area contributed by atoms with Gasteiger partial charge in [-0.15, -0.1) is 5.01 Å². The van der Waals surface area contributed by atoms with Crippen molar-refractivity contribution in [2.75, 3.05) is 0 Å². The first kappa shape index (κ1) is 18.1. The molecule has 0 atom stereocenters. The highest BCUT2D eigenvalue weighted by Gasteiger charge is 2.51.